The molecule has 0 unspecified atom stereocenters. The summed E-state index contributed by atoms with van der Waals surface area (Å²) in [6.07, 6.45) is 0.815. The second-order valence-electron chi connectivity index (χ2n) is 5.18. The minimum Gasteiger partial charge on any atom is -0.435 e. The van der Waals surface area contributed by atoms with Crippen LogP contribution in [-0.2, 0) is 11.3 Å². The number of anilines is 1. The summed E-state index contributed by atoms with van der Waals surface area (Å²) in [6.45, 7) is -0.931. The van der Waals surface area contributed by atoms with Gasteiger partial charge >= 0.3 is 6.61 Å². The summed E-state index contributed by atoms with van der Waals surface area (Å²) in [5.74, 6) is 0.106. The number of hydrogen-bond acceptors (Lipinski definition) is 3. The molecule has 4 nitrogen and oxygen atoms in total. The third-order valence-corrected chi connectivity index (χ3v) is 3.45. The van der Waals surface area contributed by atoms with Gasteiger partial charge < -0.3 is 20.1 Å². The molecule has 2 rings (SSSR count). The van der Waals surface area contributed by atoms with Crippen LogP contribution in [0.15, 0.2) is 54.6 Å². The van der Waals surface area contributed by atoms with Crippen molar-refractivity contribution in [3.63, 3.8) is 0 Å². The Balaban J connectivity index is 1.57. The number of thiocarbonyl (C=S) groups is 1. The Labute approximate surface area is 151 Å². The summed E-state index contributed by atoms with van der Waals surface area (Å²) < 4.78 is 34.0. The minimum atomic E-state index is -2.83. The molecular formula is C18H20F2N2O2S. The highest BCUT2D eigenvalue weighted by molar-refractivity contribution is 7.80. The van der Waals surface area contributed by atoms with Gasteiger partial charge in [0.25, 0.3) is 0 Å². The fourth-order valence-corrected chi connectivity index (χ4v) is 2.26. The number of hydrogen-bond donors (Lipinski definition) is 2. The summed E-state index contributed by atoms with van der Waals surface area (Å²) in [5, 5.41) is 6.50. The highest BCUT2D eigenvalue weighted by Crippen LogP contribution is 2.17. The molecule has 2 aromatic rings. The molecule has 7 heteroatoms. The molecule has 0 bridgehead atoms. The van der Waals surface area contributed by atoms with Crippen molar-refractivity contribution in [1.82, 2.24) is 5.32 Å². The van der Waals surface area contributed by atoms with Crippen molar-refractivity contribution in [2.45, 2.75) is 19.6 Å². The van der Waals surface area contributed by atoms with E-state index in [1.807, 2.05) is 30.3 Å². The Morgan fingerprint density at radius 2 is 1.76 bits per heavy atom. The van der Waals surface area contributed by atoms with Crippen LogP contribution in [0.3, 0.4) is 0 Å². The number of ether oxygens (including phenoxy) is 2. The van der Waals surface area contributed by atoms with E-state index in [2.05, 4.69) is 15.4 Å². The van der Waals surface area contributed by atoms with Crippen LogP contribution in [0.1, 0.15) is 12.0 Å². The van der Waals surface area contributed by atoms with Crippen LogP contribution in [0.4, 0.5) is 14.5 Å². The molecule has 0 amide bonds. The van der Waals surface area contributed by atoms with Crippen molar-refractivity contribution >= 4 is 23.0 Å². The molecular weight excluding hydrogens is 346 g/mol. The van der Waals surface area contributed by atoms with E-state index in [1.165, 1.54) is 12.1 Å². The molecule has 0 saturated heterocycles. The minimum absolute atomic E-state index is 0.106. The second-order valence-corrected chi connectivity index (χ2v) is 5.58. The van der Waals surface area contributed by atoms with Gasteiger partial charge in [-0.1, -0.05) is 30.3 Å². The van der Waals surface area contributed by atoms with Crippen molar-refractivity contribution in [3.05, 3.63) is 60.2 Å². The number of benzene rings is 2. The maximum absolute atomic E-state index is 12.1. The standard InChI is InChI=1S/C18H20F2N2O2S/c19-17(20)24-16-9-7-15(8-10-16)22-18(25)21-11-4-12-23-13-14-5-2-1-3-6-14/h1-3,5-10,17H,4,11-13H2,(H2,21,22,25). The summed E-state index contributed by atoms with van der Waals surface area (Å²) in [7, 11) is 0. The van der Waals surface area contributed by atoms with Gasteiger partial charge in [-0.3, -0.25) is 0 Å². The lowest BCUT2D eigenvalue weighted by Gasteiger charge is -2.11. The molecule has 0 aliphatic heterocycles. The van der Waals surface area contributed by atoms with E-state index < -0.39 is 6.61 Å². The lowest BCUT2D eigenvalue weighted by atomic mass is 10.2. The zero-order chi connectivity index (χ0) is 17.9. The molecule has 0 fully saturated rings. The van der Waals surface area contributed by atoms with Gasteiger partial charge in [0.15, 0.2) is 5.11 Å². The lowest BCUT2D eigenvalue weighted by Crippen LogP contribution is -2.29. The van der Waals surface area contributed by atoms with Crippen molar-refractivity contribution < 1.29 is 18.3 Å². The van der Waals surface area contributed by atoms with E-state index >= 15 is 0 Å². The Kier molecular flexibility index (Phi) is 8.08. The van der Waals surface area contributed by atoms with Gasteiger partial charge in [0, 0.05) is 18.8 Å². The van der Waals surface area contributed by atoms with Crippen molar-refractivity contribution in [2.24, 2.45) is 0 Å². The lowest BCUT2D eigenvalue weighted by molar-refractivity contribution is -0.0498. The van der Waals surface area contributed by atoms with Gasteiger partial charge in [0.05, 0.1) is 6.61 Å². The summed E-state index contributed by atoms with van der Waals surface area (Å²) in [6, 6.07) is 16.1. The van der Waals surface area contributed by atoms with Gasteiger partial charge in [-0.15, -0.1) is 0 Å². The first-order chi connectivity index (χ1) is 12.1. The van der Waals surface area contributed by atoms with E-state index in [9.17, 15) is 8.78 Å². The number of rotatable bonds is 9. The second kappa shape index (κ2) is 10.6. The largest absolute Gasteiger partial charge is 0.435 e. The van der Waals surface area contributed by atoms with Crippen molar-refractivity contribution in [2.75, 3.05) is 18.5 Å². The summed E-state index contributed by atoms with van der Waals surface area (Å²) in [4.78, 5) is 0. The highest BCUT2D eigenvalue weighted by atomic mass is 32.1. The maximum Gasteiger partial charge on any atom is 0.387 e. The van der Waals surface area contributed by atoms with Crippen LogP contribution in [0.5, 0.6) is 5.75 Å². The summed E-state index contributed by atoms with van der Waals surface area (Å²) >= 11 is 5.18. The maximum atomic E-state index is 12.1. The molecule has 0 radical (unpaired) electrons. The van der Waals surface area contributed by atoms with E-state index in [1.54, 1.807) is 12.1 Å². The SMILES string of the molecule is FC(F)Oc1ccc(NC(=S)NCCCOCc2ccccc2)cc1. The average molecular weight is 366 g/mol. The predicted molar refractivity (Wildman–Crippen MR) is 98.0 cm³/mol. The molecule has 0 aromatic heterocycles. The fourth-order valence-electron chi connectivity index (χ4n) is 2.04. The zero-order valence-electron chi connectivity index (χ0n) is 13.6. The first-order valence-corrected chi connectivity index (χ1v) is 8.26. The van der Waals surface area contributed by atoms with Crippen LogP contribution in [0, 0.1) is 0 Å². The monoisotopic (exact) mass is 366 g/mol. The van der Waals surface area contributed by atoms with Crippen LogP contribution < -0.4 is 15.4 Å². The van der Waals surface area contributed by atoms with E-state index in [0.717, 1.165) is 12.0 Å². The molecule has 2 aromatic carbocycles. The molecule has 0 aliphatic rings. The Morgan fingerprint density at radius 1 is 1.04 bits per heavy atom. The molecule has 2 N–H and O–H groups in total. The Hall–Kier alpha value is -2.25. The Morgan fingerprint density at radius 3 is 2.44 bits per heavy atom. The number of halogens is 2. The molecule has 25 heavy (non-hydrogen) atoms. The van der Waals surface area contributed by atoms with Crippen LogP contribution >= 0.6 is 12.2 Å². The quantitative estimate of drug-likeness (QED) is 0.515. The third kappa shape index (κ3) is 7.91. The third-order valence-electron chi connectivity index (χ3n) is 3.20. The molecule has 0 atom stereocenters. The molecule has 0 spiro atoms. The molecule has 0 heterocycles. The van der Waals surface area contributed by atoms with E-state index in [0.29, 0.717) is 30.6 Å². The average Bonchev–Trinajstić information content (AvgIpc) is 2.60. The first kappa shape index (κ1) is 19.1. The number of alkyl halides is 2. The van der Waals surface area contributed by atoms with Gasteiger partial charge in [-0.2, -0.15) is 8.78 Å². The molecule has 134 valence electrons. The summed E-state index contributed by atoms with van der Waals surface area (Å²) in [5.41, 5.74) is 1.84. The first-order valence-electron chi connectivity index (χ1n) is 7.85. The highest BCUT2D eigenvalue weighted by Gasteiger charge is 2.04. The predicted octanol–water partition coefficient (Wildman–Crippen LogP) is 4.18. The number of nitrogens with one attached hydrogen (secondary N) is 2. The normalized spacial score (nSPS) is 10.5. The van der Waals surface area contributed by atoms with Gasteiger partial charge in [0.2, 0.25) is 0 Å². The van der Waals surface area contributed by atoms with Gasteiger partial charge in [-0.05, 0) is 48.5 Å². The van der Waals surface area contributed by atoms with Crippen LogP contribution in [0.25, 0.3) is 0 Å². The zero-order valence-corrected chi connectivity index (χ0v) is 14.4. The fraction of sp³-hybridized carbons (Fsp3) is 0.278. The van der Waals surface area contributed by atoms with Gasteiger partial charge in [-0.25, -0.2) is 0 Å². The molecule has 0 saturated carbocycles. The Bertz CT molecular complexity index is 639. The topological polar surface area (TPSA) is 42.5 Å². The van der Waals surface area contributed by atoms with Crippen LogP contribution in [-0.4, -0.2) is 24.9 Å². The van der Waals surface area contributed by atoms with Crippen molar-refractivity contribution in [1.29, 1.82) is 0 Å². The van der Waals surface area contributed by atoms with Crippen molar-refractivity contribution in [3.8, 4) is 5.75 Å². The molecule has 0 aliphatic carbocycles. The van der Waals surface area contributed by atoms with E-state index in [4.69, 9.17) is 17.0 Å². The van der Waals surface area contributed by atoms with Crippen LogP contribution in [0.2, 0.25) is 0 Å². The van der Waals surface area contributed by atoms with E-state index in [-0.39, 0.29) is 5.75 Å². The smallest absolute Gasteiger partial charge is 0.387 e. The van der Waals surface area contributed by atoms with Gasteiger partial charge in [0.1, 0.15) is 5.75 Å².